The zero-order chi connectivity index (χ0) is 18.0. The Labute approximate surface area is 148 Å². The van der Waals surface area contributed by atoms with Gasteiger partial charge in [0.25, 0.3) is 0 Å². The molecule has 0 fully saturated rings. The van der Waals surface area contributed by atoms with Crippen molar-refractivity contribution in [2.75, 3.05) is 13.2 Å². The first-order chi connectivity index (χ1) is 10.6. The smallest absolute Gasteiger partial charge is 0.414 e. The Morgan fingerprint density at radius 1 is 1.30 bits per heavy atom. The summed E-state index contributed by atoms with van der Waals surface area (Å²) in [6.07, 6.45) is 0.967. The number of aliphatic carboxylic acids is 2. The maximum atomic E-state index is 9.10. The summed E-state index contributed by atoms with van der Waals surface area (Å²) in [5.74, 6) is -2.91. The molecule has 1 aromatic carbocycles. The highest BCUT2D eigenvalue weighted by Crippen LogP contribution is 2.34. The summed E-state index contributed by atoms with van der Waals surface area (Å²) in [4.78, 5) is 18.2. The summed E-state index contributed by atoms with van der Waals surface area (Å²) in [5, 5.41) is 18.8. The van der Waals surface area contributed by atoms with E-state index in [-0.39, 0.29) is 0 Å². The Morgan fingerprint density at radius 3 is 2.30 bits per heavy atom. The summed E-state index contributed by atoms with van der Waals surface area (Å²) >= 11 is 9.59. The quantitative estimate of drug-likeness (QED) is 0.492. The highest BCUT2D eigenvalue weighted by molar-refractivity contribution is 9.10. The minimum absolute atomic E-state index is 0.518. The lowest BCUT2D eigenvalue weighted by molar-refractivity contribution is -0.159. The third-order valence-electron chi connectivity index (χ3n) is 2.45. The topological polar surface area (TPSA) is 95.9 Å². The second kappa shape index (κ2) is 11.3. The van der Waals surface area contributed by atoms with E-state index in [9.17, 15) is 0 Å². The molecule has 1 aromatic rings. The fourth-order valence-electron chi connectivity index (χ4n) is 1.46. The first-order valence-corrected chi connectivity index (χ1v) is 8.10. The van der Waals surface area contributed by atoms with Crippen LogP contribution in [0, 0.1) is 6.92 Å². The van der Waals surface area contributed by atoms with Crippen LogP contribution in [0.1, 0.15) is 25.8 Å². The van der Waals surface area contributed by atoms with Crippen molar-refractivity contribution in [1.29, 1.82) is 0 Å². The van der Waals surface area contributed by atoms with Gasteiger partial charge in [-0.2, -0.15) is 0 Å². The molecule has 1 rings (SSSR count). The molecule has 3 N–H and O–H groups in total. The number of carboxylic acid groups (broad SMARTS) is 2. The normalized spacial score (nSPS) is 10.0. The van der Waals surface area contributed by atoms with Gasteiger partial charge in [0.05, 0.1) is 16.1 Å². The molecule has 0 amide bonds. The number of ether oxygens (including phenoxy) is 1. The predicted molar refractivity (Wildman–Crippen MR) is 92.4 cm³/mol. The number of carbonyl (C=O) groups is 2. The highest BCUT2D eigenvalue weighted by atomic mass is 79.9. The molecule has 0 atom stereocenters. The minimum Gasteiger partial charge on any atom is -0.491 e. The van der Waals surface area contributed by atoms with Crippen LogP contribution in [0.4, 0.5) is 0 Å². The lowest BCUT2D eigenvalue weighted by atomic mass is 10.2. The molecule has 0 aromatic heterocycles. The van der Waals surface area contributed by atoms with Crippen molar-refractivity contribution in [3.8, 4) is 5.75 Å². The van der Waals surface area contributed by atoms with Gasteiger partial charge in [0, 0.05) is 6.04 Å². The number of nitrogens with one attached hydrogen (secondary N) is 1. The van der Waals surface area contributed by atoms with E-state index in [1.54, 1.807) is 0 Å². The Hall–Kier alpha value is -1.31. The summed E-state index contributed by atoms with van der Waals surface area (Å²) < 4.78 is 6.60. The zero-order valence-electron chi connectivity index (χ0n) is 13.2. The van der Waals surface area contributed by atoms with Crippen LogP contribution in [0.25, 0.3) is 0 Å². The van der Waals surface area contributed by atoms with Crippen molar-refractivity contribution < 1.29 is 24.5 Å². The fraction of sp³-hybridized carbons (Fsp3) is 0.467. The van der Waals surface area contributed by atoms with Gasteiger partial charge in [-0.25, -0.2) is 9.59 Å². The Morgan fingerprint density at radius 2 is 1.87 bits per heavy atom. The molecule has 0 unspecified atom stereocenters. The first kappa shape index (κ1) is 21.7. The van der Waals surface area contributed by atoms with Crippen LogP contribution in [-0.2, 0) is 9.59 Å². The largest absolute Gasteiger partial charge is 0.491 e. The van der Waals surface area contributed by atoms with Gasteiger partial charge in [0.1, 0.15) is 0 Å². The average molecular weight is 411 g/mol. The van der Waals surface area contributed by atoms with E-state index in [0.29, 0.717) is 17.7 Å². The molecule has 0 heterocycles. The van der Waals surface area contributed by atoms with Gasteiger partial charge in [0.15, 0.2) is 5.75 Å². The van der Waals surface area contributed by atoms with Crippen molar-refractivity contribution in [2.45, 2.75) is 33.2 Å². The number of hydrogen-bond donors (Lipinski definition) is 3. The summed E-state index contributed by atoms with van der Waals surface area (Å²) in [7, 11) is 0. The molecule has 0 saturated heterocycles. The van der Waals surface area contributed by atoms with Gasteiger partial charge in [-0.05, 0) is 53.5 Å². The summed E-state index contributed by atoms with van der Waals surface area (Å²) in [5.41, 5.74) is 1.12. The third-order valence-corrected chi connectivity index (χ3v) is 3.32. The number of benzene rings is 1. The van der Waals surface area contributed by atoms with Crippen LogP contribution >= 0.6 is 27.5 Å². The van der Waals surface area contributed by atoms with Crippen molar-refractivity contribution in [3.63, 3.8) is 0 Å². The van der Waals surface area contributed by atoms with E-state index in [1.165, 1.54) is 0 Å². The van der Waals surface area contributed by atoms with E-state index in [0.717, 1.165) is 28.8 Å². The molecule has 130 valence electrons. The van der Waals surface area contributed by atoms with Gasteiger partial charge >= 0.3 is 11.9 Å². The van der Waals surface area contributed by atoms with E-state index in [4.69, 9.17) is 36.1 Å². The Bertz CT molecular complexity index is 502. The average Bonchev–Trinajstić information content (AvgIpc) is 2.41. The second-order valence-electron chi connectivity index (χ2n) is 4.98. The van der Waals surface area contributed by atoms with E-state index < -0.39 is 11.9 Å². The zero-order valence-corrected chi connectivity index (χ0v) is 15.6. The standard InChI is InChI=1S/C13H19BrClNO.C2H2O4/c1-9(2)16-5-4-6-17-13-11(14)7-10(3)8-12(13)15;3-1(4)2(5)6/h7-9,16H,4-6H2,1-3H3;(H,3,4)(H,5,6). The van der Waals surface area contributed by atoms with Crippen LogP contribution in [-0.4, -0.2) is 41.3 Å². The van der Waals surface area contributed by atoms with Crippen molar-refractivity contribution in [1.82, 2.24) is 5.32 Å². The third kappa shape index (κ3) is 10.1. The molecule has 0 aliphatic rings. The first-order valence-electron chi connectivity index (χ1n) is 6.93. The van der Waals surface area contributed by atoms with E-state index >= 15 is 0 Å². The monoisotopic (exact) mass is 409 g/mol. The van der Waals surface area contributed by atoms with Gasteiger partial charge in [-0.15, -0.1) is 0 Å². The number of aryl methyl sites for hydroxylation is 1. The minimum atomic E-state index is -1.82. The van der Waals surface area contributed by atoms with Crippen LogP contribution in [0.3, 0.4) is 0 Å². The maximum absolute atomic E-state index is 9.10. The molecular formula is C15H21BrClNO5. The van der Waals surface area contributed by atoms with Gasteiger partial charge in [0.2, 0.25) is 0 Å². The predicted octanol–water partition coefficient (Wildman–Crippen LogP) is 3.33. The molecule has 23 heavy (non-hydrogen) atoms. The number of halogens is 2. The molecule has 8 heteroatoms. The van der Waals surface area contributed by atoms with Gasteiger partial charge in [-0.3, -0.25) is 0 Å². The lowest BCUT2D eigenvalue weighted by Gasteiger charge is -2.12. The number of rotatable bonds is 6. The molecule has 0 spiro atoms. The van der Waals surface area contributed by atoms with Crippen LogP contribution in [0.15, 0.2) is 16.6 Å². The molecule has 0 saturated carbocycles. The lowest BCUT2D eigenvalue weighted by Crippen LogP contribution is -2.24. The van der Waals surface area contributed by atoms with Crippen molar-refractivity contribution >= 4 is 39.5 Å². The molecule has 0 bridgehead atoms. The van der Waals surface area contributed by atoms with Crippen LogP contribution < -0.4 is 10.1 Å². The maximum Gasteiger partial charge on any atom is 0.414 e. The highest BCUT2D eigenvalue weighted by Gasteiger charge is 2.07. The molecule has 0 aliphatic carbocycles. The van der Waals surface area contributed by atoms with Crippen molar-refractivity contribution in [2.24, 2.45) is 0 Å². The molecule has 6 nitrogen and oxygen atoms in total. The molecular weight excluding hydrogens is 390 g/mol. The van der Waals surface area contributed by atoms with Crippen molar-refractivity contribution in [3.05, 3.63) is 27.2 Å². The Kier molecular flexibility index (Phi) is 10.6. The number of carboxylic acids is 2. The summed E-state index contributed by atoms with van der Waals surface area (Å²) in [6, 6.07) is 4.44. The molecule has 0 radical (unpaired) electrons. The van der Waals surface area contributed by atoms with E-state index in [1.807, 2.05) is 19.1 Å². The fourth-order valence-corrected chi connectivity index (χ4v) is 2.59. The summed E-state index contributed by atoms with van der Waals surface area (Å²) in [6.45, 7) is 7.90. The Balaban J connectivity index is 0.000000688. The van der Waals surface area contributed by atoms with Crippen LogP contribution in [0.2, 0.25) is 5.02 Å². The van der Waals surface area contributed by atoms with E-state index in [2.05, 4.69) is 35.1 Å². The van der Waals surface area contributed by atoms with Gasteiger partial charge in [-0.1, -0.05) is 25.4 Å². The molecule has 0 aliphatic heterocycles. The SMILES string of the molecule is Cc1cc(Cl)c(OCCCNC(C)C)c(Br)c1.O=C(O)C(=O)O. The second-order valence-corrected chi connectivity index (χ2v) is 6.24. The van der Waals surface area contributed by atoms with Crippen LogP contribution in [0.5, 0.6) is 5.75 Å². The van der Waals surface area contributed by atoms with Gasteiger partial charge < -0.3 is 20.3 Å². The number of hydrogen-bond acceptors (Lipinski definition) is 4.